The Balaban J connectivity index is 1.35. The molecule has 1 aromatic heterocycles. The Morgan fingerprint density at radius 1 is 1.08 bits per heavy atom. The van der Waals surface area contributed by atoms with Gasteiger partial charge in [-0.15, -0.1) is 11.3 Å². The summed E-state index contributed by atoms with van der Waals surface area (Å²) in [6, 6.07) is 13.9. The van der Waals surface area contributed by atoms with Gasteiger partial charge in [0.2, 0.25) is 5.91 Å². The van der Waals surface area contributed by atoms with Gasteiger partial charge in [0.25, 0.3) is 0 Å². The number of hydrogen-bond acceptors (Lipinski definition) is 5. The Hall–Kier alpha value is -1.73. The molecular weight excluding hydrogens is 334 g/mol. The molecule has 134 valence electrons. The number of aliphatic hydroxyl groups is 1. The van der Waals surface area contributed by atoms with E-state index < -0.39 is 6.10 Å². The molecule has 5 nitrogen and oxygen atoms in total. The minimum absolute atomic E-state index is 0.0657. The monoisotopic (exact) mass is 359 g/mol. The number of aliphatic hydroxyl groups excluding tert-OH is 1. The number of nitrogens with one attached hydrogen (secondary N) is 1. The van der Waals surface area contributed by atoms with E-state index >= 15 is 0 Å². The maximum absolute atomic E-state index is 12.1. The first kappa shape index (κ1) is 18.1. The molecule has 0 aliphatic carbocycles. The van der Waals surface area contributed by atoms with Crippen molar-refractivity contribution in [3.8, 4) is 0 Å². The Kier molecular flexibility index (Phi) is 6.58. The molecule has 1 saturated heterocycles. The summed E-state index contributed by atoms with van der Waals surface area (Å²) in [5.41, 5.74) is 1.11. The van der Waals surface area contributed by atoms with Gasteiger partial charge in [-0.3, -0.25) is 14.6 Å². The maximum Gasteiger partial charge on any atom is 0.234 e. The van der Waals surface area contributed by atoms with Gasteiger partial charge in [0, 0.05) is 44.1 Å². The third-order valence-corrected chi connectivity index (χ3v) is 5.44. The number of nitrogens with zero attached hydrogens (tertiary/aromatic N) is 2. The summed E-state index contributed by atoms with van der Waals surface area (Å²) < 4.78 is 0. The van der Waals surface area contributed by atoms with Gasteiger partial charge in [-0.05, 0) is 17.0 Å². The summed E-state index contributed by atoms with van der Waals surface area (Å²) in [7, 11) is 0. The molecule has 1 fully saturated rings. The molecular formula is C19H25N3O2S. The fraction of sp³-hybridized carbons (Fsp3) is 0.421. The van der Waals surface area contributed by atoms with Crippen LogP contribution in [0.2, 0.25) is 0 Å². The average Bonchev–Trinajstić information content (AvgIpc) is 3.17. The molecule has 1 atom stereocenters. The van der Waals surface area contributed by atoms with Gasteiger partial charge in [-0.25, -0.2) is 0 Å². The molecule has 0 spiro atoms. The van der Waals surface area contributed by atoms with Gasteiger partial charge in [-0.1, -0.05) is 36.4 Å². The van der Waals surface area contributed by atoms with Crippen molar-refractivity contribution in [2.45, 2.75) is 12.6 Å². The molecule has 1 aliphatic rings. The molecule has 0 saturated carbocycles. The summed E-state index contributed by atoms with van der Waals surface area (Å²) >= 11 is 1.59. The summed E-state index contributed by atoms with van der Waals surface area (Å²) in [5.74, 6) is 0.0657. The van der Waals surface area contributed by atoms with Crippen molar-refractivity contribution in [1.82, 2.24) is 15.1 Å². The standard InChI is InChI=1S/C19H25N3O2S/c23-17(18-7-4-12-25-18)14-21-8-10-22(11-9-21)15-19(24)20-13-16-5-2-1-3-6-16/h1-7,12,17,23H,8-11,13-15H2,(H,20,24)/t17-/m1/s1. The van der Waals surface area contributed by atoms with Crippen LogP contribution in [0.25, 0.3) is 0 Å². The summed E-state index contributed by atoms with van der Waals surface area (Å²) in [6.45, 7) is 5.16. The van der Waals surface area contributed by atoms with E-state index in [1.54, 1.807) is 11.3 Å². The third kappa shape index (κ3) is 5.64. The van der Waals surface area contributed by atoms with Crippen LogP contribution in [-0.2, 0) is 11.3 Å². The minimum atomic E-state index is -0.416. The number of β-amino-alcohol motifs (C(OH)–C–C–N with tert-alkyl or cyclic N) is 1. The first-order valence-electron chi connectivity index (χ1n) is 8.67. The molecule has 0 radical (unpaired) electrons. The normalized spacial score (nSPS) is 17.3. The topological polar surface area (TPSA) is 55.8 Å². The van der Waals surface area contributed by atoms with E-state index in [2.05, 4.69) is 15.1 Å². The second-order valence-electron chi connectivity index (χ2n) is 6.37. The van der Waals surface area contributed by atoms with Crippen LogP contribution in [0.1, 0.15) is 16.5 Å². The van der Waals surface area contributed by atoms with Crippen molar-refractivity contribution < 1.29 is 9.90 Å². The van der Waals surface area contributed by atoms with Crippen molar-refractivity contribution >= 4 is 17.2 Å². The van der Waals surface area contributed by atoms with Crippen LogP contribution in [0.3, 0.4) is 0 Å². The Morgan fingerprint density at radius 3 is 2.48 bits per heavy atom. The van der Waals surface area contributed by atoms with Gasteiger partial charge >= 0.3 is 0 Å². The lowest BCUT2D eigenvalue weighted by atomic mass is 10.2. The van der Waals surface area contributed by atoms with E-state index in [0.717, 1.165) is 36.6 Å². The number of carbonyl (C=O) groups is 1. The fourth-order valence-corrected chi connectivity index (χ4v) is 3.70. The van der Waals surface area contributed by atoms with Crippen LogP contribution in [-0.4, -0.2) is 60.1 Å². The molecule has 1 aromatic carbocycles. The molecule has 0 bridgehead atoms. The zero-order chi connectivity index (χ0) is 17.5. The van der Waals surface area contributed by atoms with Crippen LogP contribution >= 0.6 is 11.3 Å². The van der Waals surface area contributed by atoms with E-state index in [1.165, 1.54) is 0 Å². The lowest BCUT2D eigenvalue weighted by molar-refractivity contribution is -0.122. The van der Waals surface area contributed by atoms with Gasteiger partial charge in [0.15, 0.2) is 0 Å². The molecule has 2 heterocycles. The van der Waals surface area contributed by atoms with Crippen LogP contribution in [0.4, 0.5) is 0 Å². The highest BCUT2D eigenvalue weighted by atomic mass is 32.1. The highest BCUT2D eigenvalue weighted by Crippen LogP contribution is 2.20. The summed E-state index contributed by atoms with van der Waals surface area (Å²) in [5, 5.41) is 15.2. The van der Waals surface area contributed by atoms with Crippen molar-refractivity contribution in [3.63, 3.8) is 0 Å². The van der Waals surface area contributed by atoms with Crippen LogP contribution in [0.15, 0.2) is 47.8 Å². The number of piperazine rings is 1. The quantitative estimate of drug-likeness (QED) is 0.790. The average molecular weight is 359 g/mol. The molecule has 3 rings (SSSR count). The molecule has 2 N–H and O–H groups in total. The molecule has 25 heavy (non-hydrogen) atoms. The van der Waals surface area contributed by atoms with E-state index in [9.17, 15) is 9.90 Å². The number of hydrogen-bond donors (Lipinski definition) is 2. The zero-order valence-corrected chi connectivity index (χ0v) is 15.1. The van der Waals surface area contributed by atoms with E-state index in [4.69, 9.17) is 0 Å². The van der Waals surface area contributed by atoms with E-state index in [1.807, 2.05) is 47.8 Å². The molecule has 2 aromatic rings. The van der Waals surface area contributed by atoms with Gasteiger partial charge in [0.1, 0.15) is 6.10 Å². The van der Waals surface area contributed by atoms with Crippen molar-refractivity contribution in [2.75, 3.05) is 39.3 Å². The molecule has 6 heteroatoms. The first-order valence-corrected chi connectivity index (χ1v) is 9.55. The van der Waals surface area contributed by atoms with Gasteiger partial charge < -0.3 is 10.4 Å². The van der Waals surface area contributed by atoms with E-state index in [0.29, 0.717) is 19.6 Å². The van der Waals surface area contributed by atoms with Gasteiger partial charge in [-0.2, -0.15) is 0 Å². The highest BCUT2D eigenvalue weighted by Gasteiger charge is 2.21. The van der Waals surface area contributed by atoms with Crippen LogP contribution in [0, 0.1) is 0 Å². The number of benzene rings is 1. The van der Waals surface area contributed by atoms with Crippen LogP contribution < -0.4 is 5.32 Å². The maximum atomic E-state index is 12.1. The van der Waals surface area contributed by atoms with Crippen molar-refractivity contribution in [2.24, 2.45) is 0 Å². The minimum Gasteiger partial charge on any atom is -0.386 e. The van der Waals surface area contributed by atoms with Gasteiger partial charge in [0.05, 0.1) is 6.54 Å². The second-order valence-corrected chi connectivity index (χ2v) is 7.35. The second kappa shape index (κ2) is 9.10. The Morgan fingerprint density at radius 2 is 1.80 bits per heavy atom. The number of rotatable bonds is 7. The molecule has 1 amide bonds. The number of thiophene rings is 1. The lowest BCUT2D eigenvalue weighted by Crippen LogP contribution is -2.50. The van der Waals surface area contributed by atoms with E-state index in [-0.39, 0.29) is 5.91 Å². The SMILES string of the molecule is O=C(CN1CCN(C[C@@H](O)c2cccs2)CC1)NCc1ccccc1. The predicted molar refractivity (Wildman–Crippen MR) is 100 cm³/mol. The lowest BCUT2D eigenvalue weighted by Gasteiger charge is -2.35. The van der Waals surface area contributed by atoms with Crippen molar-refractivity contribution in [3.05, 3.63) is 58.3 Å². The fourth-order valence-electron chi connectivity index (χ4n) is 3.00. The first-order chi connectivity index (χ1) is 12.2. The Bertz CT molecular complexity index is 640. The number of amides is 1. The predicted octanol–water partition coefficient (Wildman–Crippen LogP) is 1.72. The van der Waals surface area contributed by atoms with Crippen molar-refractivity contribution in [1.29, 1.82) is 0 Å². The summed E-state index contributed by atoms with van der Waals surface area (Å²) in [4.78, 5) is 17.6. The molecule has 0 unspecified atom stereocenters. The molecule has 1 aliphatic heterocycles. The smallest absolute Gasteiger partial charge is 0.234 e. The highest BCUT2D eigenvalue weighted by molar-refractivity contribution is 7.10. The summed E-state index contributed by atoms with van der Waals surface area (Å²) in [6.07, 6.45) is -0.416. The Labute approximate surface area is 152 Å². The number of carbonyl (C=O) groups excluding carboxylic acids is 1. The zero-order valence-electron chi connectivity index (χ0n) is 14.3. The van der Waals surface area contributed by atoms with Crippen LogP contribution in [0.5, 0.6) is 0 Å². The largest absolute Gasteiger partial charge is 0.386 e. The third-order valence-electron chi connectivity index (χ3n) is 4.47.